The van der Waals surface area contributed by atoms with Crippen LogP contribution in [0.1, 0.15) is 19.3 Å². The van der Waals surface area contributed by atoms with E-state index in [1.807, 2.05) is 0 Å². The molecule has 1 rings (SSSR count). The number of aliphatic hydroxyl groups excluding tert-OH is 1. The van der Waals surface area contributed by atoms with Crippen LogP contribution in [0.3, 0.4) is 0 Å². The van der Waals surface area contributed by atoms with Crippen molar-refractivity contribution in [3.63, 3.8) is 0 Å². The van der Waals surface area contributed by atoms with Crippen molar-refractivity contribution in [3.8, 4) is 0 Å². The van der Waals surface area contributed by atoms with E-state index in [-0.39, 0.29) is 0 Å². The molecule has 1 aliphatic rings. The van der Waals surface area contributed by atoms with Crippen LogP contribution in [0.4, 0.5) is 0 Å². The molecule has 0 unspecified atom stereocenters. The fourth-order valence-electron chi connectivity index (χ4n) is 0.675. The summed E-state index contributed by atoms with van der Waals surface area (Å²) < 4.78 is 25.9. The summed E-state index contributed by atoms with van der Waals surface area (Å²) in [6, 6.07) is 0. The predicted octanol–water partition coefficient (Wildman–Crippen LogP) is 0.283. The lowest BCUT2D eigenvalue weighted by molar-refractivity contribution is 0.163. The second kappa shape index (κ2) is 4.69. The average molecular weight is 182 g/mol. The SMILES string of the molecule is CS(=O)(=O)O.OCC1CCC1. The maximum absolute atomic E-state index is 9.19. The molecule has 0 heterocycles. The third kappa shape index (κ3) is 9.87. The van der Waals surface area contributed by atoms with Gasteiger partial charge in [-0.1, -0.05) is 6.42 Å². The summed E-state index contributed by atoms with van der Waals surface area (Å²) in [6.45, 7) is 0.417. The van der Waals surface area contributed by atoms with Crippen LogP contribution in [0, 0.1) is 5.92 Å². The Kier molecular flexibility index (Phi) is 4.63. The van der Waals surface area contributed by atoms with E-state index in [0.29, 0.717) is 18.8 Å². The van der Waals surface area contributed by atoms with Crippen LogP contribution in [-0.2, 0) is 10.1 Å². The average Bonchev–Trinajstić information content (AvgIpc) is 1.55. The highest BCUT2D eigenvalue weighted by Crippen LogP contribution is 2.24. The highest BCUT2D eigenvalue weighted by molar-refractivity contribution is 7.85. The first-order chi connectivity index (χ1) is 4.93. The van der Waals surface area contributed by atoms with Gasteiger partial charge < -0.3 is 5.11 Å². The van der Waals surface area contributed by atoms with Gasteiger partial charge in [-0.05, 0) is 18.8 Å². The molecule has 1 saturated carbocycles. The van der Waals surface area contributed by atoms with Crippen LogP contribution in [-0.4, -0.2) is 30.9 Å². The van der Waals surface area contributed by atoms with Gasteiger partial charge in [-0.2, -0.15) is 8.42 Å². The van der Waals surface area contributed by atoms with E-state index in [1.165, 1.54) is 19.3 Å². The zero-order valence-corrected chi connectivity index (χ0v) is 7.34. The summed E-state index contributed by atoms with van der Waals surface area (Å²) >= 11 is 0. The number of hydrogen-bond donors (Lipinski definition) is 2. The minimum absolute atomic E-state index is 0.417. The third-order valence-electron chi connectivity index (χ3n) is 1.48. The lowest BCUT2D eigenvalue weighted by Crippen LogP contribution is -2.14. The van der Waals surface area contributed by atoms with Crippen LogP contribution in [0.2, 0.25) is 0 Å². The molecule has 0 amide bonds. The number of rotatable bonds is 1. The summed E-state index contributed by atoms with van der Waals surface area (Å²) in [5.41, 5.74) is 0. The van der Waals surface area contributed by atoms with Crippen molar-refractivity contribution in [3.05, 3.63) is 0 Å². The second-order valence-electron chi connectivity index (χ2n) is 2.71. The maximum Gasteiger partial charge on any atom is 0.261 e. The van der Waals surface area contributed by atoms with Crippen molar-refractivity contribution in [1.29, 1.82) is 0 Å². The molecule has 11 heavy (non-hydrogen) atoms. The molecule has 0 atom stereocenters. The molecule has 1 fully saturated rings. The molecule has 0 aromatic rings. The number of aliphatic hydroxyl groups is 1. The van der Waals surface area contributed by atoms with E-state index < -0.39 is 10.1 Å². The van der Waals surface area contributed by atoms with Gasteiger partial charge >= 0.3 is 0 Å². The van der Waals surface area contributed by atoms with Crippen LogP contribution in [0.15, 0.2) is 0 Å². The van der Waals surface area contributed by atoms with Gasteiger partial charge in [0.25, 0.3) is 10.1 Å². The highest BCUT2D eigenvalue weighted by atomic mass is 32.2. The minimum Gasteiger partial charge on any atom is -0.396 e. The first-order valence-electron chi connectivity index (χ1n) is 3.47. The van der Waals surface area contributed by atoms with E-state index >= 15 is 0 Å². The van der Waals surface area contributed by atoms with E-state index in [9.17, 15) is 8.42 Å². The topological polar surface area (TPSA) is 74.6 Å². The van der Waals surface area contributed by atoms with Crippen molar-refractivity contribution in [2.24, 2.45) is 5.92 Å². The van der Waals surface area contributed by atoms with E-state index in [4.69, 9.17) is 9.66 Å². The Morgan fingerprint density at radius 2 is 1.82 bits per heavy atom. The van der Waals surface area contributed by atoms with Crippen molar-refractivity contribution < 1.29 is 18.1 Å². The minimum atomic E-state index is -3.67. The molecule has 0 aromatic heterocycles. The molecule has 4 nitrogen and oxygen atoms in total. The first-order valence-corrected chi connectivity index (χ1v) is 5.31. The van der Waals surface area contributed by atoms with Gasteiger partial charge in [0.2, 0.25) is 0 Å². The normalized spacial score (nSPS) is 18.1. The summed E-state index contributed by atoms with van der Waals surface area (Å²) in [5.74, 6) is 0.671. The third-order valence-corrected chi connectivity index (χ3v) is 1.48. The van der Waals surface area contributed by atoms with E-state index in [1.54, 1.807) is 0 Å². The Bertz CT molecular complexity index is 170. The molecule has 5 heteroatoms. The standard InChI is InChI=1S/C5H10O.CH4O3S/c6-4-5-2-1-3-5;1-5(2,3)4/h5-6H,1-4H2;1H3,(H,2,3,4). The zero-order valence-electron chi connectivity index (χ0n) is 6.52. The van der Waals surface area contributed by atoms with Crippen LogP contribution < -0.4 is 0 Å². The molecule has 68 valence electrons. The van der Waals surface area contributed by atoms with Crippen molar-refractivity contribution in [2.45, 2.75) is 19.3 Å². The maximum atomic E-state index is 9.19. The Labute approximate surface area is 67.0 Å². The van der Waals surface area contributed by atoms with E-state index in [2.05, 4.69) is 0 Å². The Morgan fingerprint density at radius 1 is 1.45 bits per heavy atom. The van der Waals surface area contributed by atoms with E-state index in [0.717, 1.165) is 0 Å². The lowest BCUT2D eigenvalue weighted by atomic mass is 9.86. The second-order valence-corrected chi connectivity index (χ2v) is 4.18. The monoisotopic (exact) mass is 182 g/mol. The first kappa shape index (κ1) is 10.9. The van der Waals surface area contributed by atoms with Gasteiger partial charge in [0, 0.05) is 6.61 Å². The molecule has 0 saturated heterocycles. The highest BCUT2D eigenvalue weighted by Gasteiger charge is 2.14. The van der Waals surface area contributed by atoms with Gasteiger partial charge in [-0.25, -0.2) is 0 Å². The molecule has 0 aromatic carbocycles. The van der Waals surface area contributed by atoms with Gasteiger partial charge in [0.15, 0.2) is 0 Å². The fraction of sp³-hybridized carbons (Fsp3) is 1.00. The summed E-state index contributed by atoms with van der Waals surface area (Å²) in [4.78, 5) is 0. The molecule has 0 bridgehead atoms. The Balaban J connectivity index is 0.000000187. The van der Waals surface area contributed by atoms with Gasteiger partial charge in [-0.15, -0.1) is 0 Å². The Hall–Kier alpha value is -0.130. The molecule has 2 N–H and O–H groups in total. The molecular weight excluding hydrogens is 168 g/mol. The lowest BCUT2D eigenvalue weighted by Gasteiger charge is -2.21. The fourth-order valence-corrected chi connectivity index (χ4v) is 0.675. The predicted molar refractivity (Wildman–Crippen MR) is 41.9 cm³/mol. The smallest absolute Gasteiger partial charge is 0.261 e. The molecule has 0 aliphatic heterocycles. The van der Waals surface area contributed by atoms with Crippen molar-refractivity contribution in [1.82, 2.24) is 0 Å². The van der Waals surface area contributed by atoms with Gasteiger partial charge in [-0.3, -0.25) is 4.55 Å². The van der Waals surface area contributed by atoms with Crippen LogP contribution in [0.25, 0.3) is 0 Å². The zero-order chi connectivity index (χ0) is 8.91. The Morgan fingerprint density at radius 3 is 1.82 bits per heavy atom. The summed E-state index contributed by atoms with van der Waals surface area (Å²) in [6.07, 6.45) is 4.57. The van der Waals surface area contributed by atoms with Crippen molar-refractivity contribution in [2.75, 3.05) is 12.9 Å². The quantitative estimate of drug-likeness (QED) is 0.571. The number of hydrogen-bond acceptors (Lipinski definition) is 3. The molecule has 1 aliphatic carbocycles. The van der Waals surface area contributed by atoms with Crippen molar-refractivity contribution >= 4 is 10.1 Å². The largest absolute Gasteiger partial charge is 0.396 e. The van der Waals surface area contributed by atoms with Crippen LogP contribution in [0.5, 0.6) is 0 Å². The molecule has 0 spiro atoms. The van der Waals surface area contributed by atoms with Gasteiger partial charge in [0.05, 0.1) is 6.26 Å². The molecule has 0 radical (unpaired) electrons. The van der Waals surface area contributed by atoms with Gasteiger partial charge in [0.1, 0.15) is 0 Å². The summed E-state index contributed by atoms with van der Waals surface area (Å²) in [7, 11) is -3.67. The summed E-state index contributed by atoms with van der Waals surface area (Å²) in [5, 5.41) is 8.39. The molecular formula is C6H14O4S. The van der Waals surface area contributed by atoms with Crippen LogP contribution >= 0.6 is 0 Å².